The molecule has 3 nitrogen and oxygen atoms in total. The minimum absolute atomic E-state index is 0.587. The van der Waals surface area contributed by atoms with Crippen LogP contribution in [0.4, 0.5) is 5.95 Å². The Morgan fingerprint density at radius 1 is 1.06 bits per heavy atom. The third-order valence-electron chi connectivity index (χ3n) is 3.61. The summed E-state index contributed by atoms with van der Waals surface area (Å²) < 4.78 is 2.12. The lowest BCUT2D eigenvalue weighted by Crippen LogP contribution is -2.24. The molecule has 0 aliphatic heterocycles. The molecule has 1 heterocycles. The molecule has 0 bridgehead atoms. The highest BCUT2D eigenvalue weighted by molar-refractivity contribution is 5.42. The average Bonchev–Trinajstić information content (AvgIpc) is 2.89. The summed E-state index contributed by atoms with van der Waals surface area (Å²) in [5.41, 5.74) is 1.16. The lowest BCUT2D eigenvalue weighted by Gasteiger charge is -2.23. The van der Waals surface area contributed by atoms with E-state index in [2.05, 4.69) is 39.1 Å². The maximum absolute atomic E-state index is 4.44. The Labute approximate surface area is 108 Å². The Bertz CT molecular complexity index is 483. The molecule has 1 aliphatic carbocycles. The predicted octanol–water partition coefficient (Wildman–Crippen LogP) is 3.62. The van der Waals surface area contributed by atoms with Crippen LogP contribution in [0, 0.1) is 0 Å². The van der Waals surface area contributed by atoms with E-state index in [0.29, 0.717) is 6.04 Å². The molecule has 18 heavy (non-hydrogen) atoms. The molecule has 0 saturated heterocycles. The number of nitrogens with one attached hydrogen (secondary N) is 1. The number of rotatable bonds is 3. The molecule has 94 valence electrons. The van der Waals surface area contributed by atoms with Gasteiger partial charge in [0.05, 0.1) is 0 Å². The van der Waals surface area contributed by atoms with Crippen LogP contribution in [0.3, 0.4) is 0 Å². The Hall–Kier alpha value is -1.77. The van der Waals surface area contributed by atoms with Gasteiger partial charge in [0.25, 0.3) is 0 Å². The van der Waals surface area contributed by atoms with E-state index < -0.39 is 0 Å². The molecule has 0 radical (unpaired) electrons. The van der Waals surface area contributed by atoms with Gasteiger partial charge in [-0.2, -0.15) is 0 Å². The standard InChI is InChI=1S/C15H19N3/c1-3-7-13(8-4-1)17-15-16-11-12-18(15)14-9-5-2-6-10-14/h2,5-6,9-13H,1,3-4,7-8H2,(H,16,17). The largest absolute Gasteiger partial charge is 0.353 e. The zero-order valence-corrected chi connectivity index (χ0v) is 10.5. The van der Waals surface area contributed by atoms with E-state index in [1.807, 2.05) is 18.5 Å². The summed E-state index contributed by atoms with van der Waals surface area (Å²) in [5, 5.41) is 3.58. The molecule has 0 amide bonds. The van der Waals surface area contributed by atoms with Crippen molar-refractivity contribution in [3.63, 3.8) is 0 Å². The first-order valence-electron chi connectivity index (χ1n) is 6.79. The van der Waals surface area contributed by atoms with Gasteiger partial charge in [0.2, 0.25) is 5.95 Å². The molecule has 1 aromatic carbocycles. The fraction of sp³-hybridized carbons (Fsp3) is 0.400. The van der Waals surface area contributed by atoms with Gasteiger partial charge in [-0.1, -0.05) is 37.5 Å². The van der Waals surface area contributed by atoms with Crippen LogP contribution < -0.4 is 5.32 Å². The summed E-state index contributed by atoms with van der Waals surface area (Å²) >= 11 is 0. The van der Waals surface area contributed by atoms with Crippen molar-refractivity contribution in [1.82, 2.24) is 9.55 Å². The number of hydrogen-bond donors (Lipinski definition) is 1. The highest BCUT2D eigenvalue weighted by atomic mass is 15.2. The van der Waals surface area contributed by atoms with Gasteiger partial charge in [-0.25, -0.2) is 4.98 Å². The number of para-hydroxylation sites is 1. The molecule has 1 fully saturated rings. The Morgan fingerprint density at radius 2 is 1.83 bits per heavy atom. The first-order valence-corrected chi connectivity index (χ1v) is 6.79. The lowest BCUT2D eigenvalue weighted by molar-refractivity contribution is 0.460. The minimum Gasteiger partial charge on any atom is -0.353 e. The van der Waals surface area contributed by atoms with Crippen molar-refractivity contribution in [1.29, 1.82) is 0 Å². The smallest absolute Gasteiger partial charge is 0.207 e. The molecule has 0 unspecified atom stereocenters. The zero-order chi connectivity index (χ0) is 12.2. The number of hydrogen-bond acceptors (Lipinski definition) is 2. The first-order chi connectivity index (χ1) is 8.93. The first kappa shape index (κ1) is 11.3. The third kappa shape index (κ3) is 2.40. The summed E-state index contributed by atoms with van der Waals surface area (Å²) in [5.74, 6) is 0.966. The number of anilines is 1. The fourth-order valence-corrected chi connectivity index (χ4v) is 2.64. The van der Waals surface area contributed by atoms with E-state index in [1.54, 1.807) is 0 Å². The van der Waals surface area contributed by atoms with Gasteiger partial charge < -0.3 is 5.32 Å². The number of aromatic nitrogens is 2. The maximum atomic E-state index is 4.44. The van der Waals surface area contributed by atoms with Crippen molar-refractivity contribution in [2.45, 2.75) is 38.1 Å². The molecule has 0 spiro atoms. The van der Waals surface area contributed by atoms with Crippen molar-refractivity contribution >= 4 is 5.95 Å². The van der Waals surface area contributed by atoms with Crippen molar-refractivity contribution in [2.75, 3.05) is 5.32 Å². The van der Waals surface area contributed by atoms with Crippen LogP contribution >= 0.6 is 0 Å². The SMILES string of the molecule is c1ccc(-n2ccnc2NC2CCCCC2)cc1. The molecule has 1 N–H and O–H groups in total. The van der Waals surface area contributed by atoms with Gasteiger partial charge in [0.1, 0.15) is 0 Å². The minimum atomic E-state index is 0.587. The van der Waals surface area contributed by atoms with Crippen LogP contribution in [0.1, 0.15) is 32.1 Å². The summed E-state index contributed by atoms with van der Waals surface area (Å²) in [4.78, 5) is 4.44. The Morgan fingerprint density at radius 3 is 2.61 bits per heavy atom. The van der Waals surface area contributed by atoms with Crippen LogP contribution in [0.15, 0.2) is 42.7 Å². The van der Waals surface area contributed by atoms with E-state index in [-0.39, 0.29) is 0 Å². The second kappa shape index (κ2) is 5.25. The molecule has 1 aliphatic rings. The zero-order valence-electron chi connectivity index (χ0n) is 10.5. The van der Waals surface area contributed by atoms with Crippen LogP contribution in [-0.2, 0) is 0 Å². The summed E-state index contributed by atoms with van der Waals surface area (Å²) in [7, 11) is 0. The van der Waals surface area contributed by atoms with Crippen molar-refractivity contribution in [3.8, 4) is 5.69 Å². The second-order valence-corrected chi connectivity index (χ2v) is 4.94. The molecular formula is C15H19N3. The topological polar surface area (TPSA) is 29.9 Å². The highest BCUT2D eigenvalue weighted by Gasteiger charge is 2.15. The Kier molecular flexibility index (Phi) is 3.31. The summed E-state index contributed by atoms with van der Waals surface area (Å²) in [6, 6.07) is 10.9. The number of benzene rings is 1. The molecule has 1 aromatic heterocycles. The maximum Gasteiger partial charge on any atom is 0.207 e. The van der Waals surface area contributed by atoms with E-state index >= 15 is 0 Å². The average molecular weight is 241 g/mol. The highest BCUT2D eigenvalue weighted by Crippen LogP contribution is 2.22. The van der Waals surface area contributed by atoms with Crippen LogP contribution in [-0.4, -0.2) is 15.6 Å². The number of imidazole rings is 1. The van der Waals surface area contributed by atoms with Crippen molar-refractivity contribution < 1.29 is 0 Å². The molecule has 1 saturated carbocycles. The van der Waals surface area contributed by atoms with Gasteiger partial charge in [-0.05, 0) is 25.0 Å². The molecule has 2 aromatic rings. The van der Waals surface area contributed by atoms with Gasteiger partial charge in [-0.15, -0.1) is 0 Å². The second-order valence-electron chi connectivity index (χ2n) is 4.94. The van der Waals surface area contributed by atoms with Crippen molar-refractivity contribution in [2.24, 2.45) is 0 Å². The normalized spacial score (nSPS) is 16.7. The van der Waals surface area contributed by atoms with Crippen LogP contribution in [0.5, 0.6) is 0 Å². The predicted molar refractivity (Wildman–Crippen MR) is 74.1 cm³/mol. The van der Waals surface area contributed by atoms with Crippen molar-refractivity contribution in [3.05, 3.63) is 42.7 Å². The van der Waals surface area contributed by atoms with E-state index in [4.69, 9.17) is 0 Å². The summed E-state index contributed by atoms with van der Waals surface area (Å²) in [6.07, 6.45) is 10.5. The lowest BCUT2D eigenvalue weighted by atomic mass is 9.96. The van der Waals surface area contributed by atoms with Crippen LogP contribution in [0.25, 0.3) is 5.69 Å². The Balaban J connectivity index is 1.79. The fourth-order valence-electron chi connectivity index (χ4n) is 2.64. The van der Waals surface area contributed by atoms with Gasteiger partial charge in [0.15, 0.2) is 0 Å². The van der Waals surface area contributed by atoms with Gasteiger partial charge in [0, 0.05) is 24.1 Å². The quantitative estimate of drug-likeness (QED) is 0.889. The van der Waals surface area contributed by atoms with E-state index in [1.165, 1.54) is 32.1 Å². The molecule has 0 atom stereocenters. The third-order valence-corrected chi connectivity index (χ3v) is 3.61. The molecule has 3 heteroatoms. The van der Waals surface area contributed by atoms with E-state index in [0.717, 1.165) is 11.6 Å². The molecule has 3 rings (SSSR count). The summed E-state index contributed by atoms with van der Waals surface area (Å²) in [6.45, 7) is 0. The van der Waals surface area contributed by atoms with E-state index in [9.17, 15) is 0 Å². The number of nitrogens with zero attached hydrogens (tertiary/aromatic N) is 2. The van der Waals surface area contributed by atoms with Gasteiger partial charge >= 0.3 is 0 Å². The monoisotopic (exact) mass is 241 g/mol. The van der Waals surface area contributed by atoms with Gasteiger partial charge in [-0.3, -0.25) is 4.57 Å². The molecular weight excluding hydrogens is 222 g/mol. The van der Waals surface area contributed by atoms with Crippen LogP contribution in [0.2, 0.25) is 0 Å².